The van der Waals surface area contributed by atoms with E-state index in [2.05, 4.69) is 24.3 Å². The first kappa shape index (κ1) is 11.7. The Hall–Kier alpha value is -0.352. The van der Waals surface area contributed by atoms with Crippen molar-refractivity contribution in [2.24, 2.45) is 0 Å². The fraction of sp³-hybridized carbons (Fsp3) is 0.385. The molecule has 78 valence electrons. The summed E-state index contributed by atoms with van der Waals surface area (Å²) >= 11 is 0. The van der Waals surface area contributed by atoms with Crippen LogP contribution in [0.15, 0.2) is 35.9 Å². The van der Waals surface area contributed by atoms with Gasteiger partial charge in [-0.15, -0.1) is 0 Å². The van der Waals surface area contributed by atoms with Crippen LogP contribution in [0, 0.1) is 6.07 Å². The van der Waals surface area contributed by atoms with Crippen LogP contribution in [0.4, 0.5) is 0 Å². The third-order valence-corrected chi connectivity index (χ3v) is 2.58. The van der Waals surface area contributed by atoms with E-state index in [-0.39, 0.29) is 21.1 Å². The van der Waals surface area contributed by atoms with E-state index in [1.165, 1.54) is 31.2 Å². The molecule has 0 N–H and O–H groups in total. The van der Waals surface area contributed by atoms with Crippen LogP contribution in [0.25, 0.3) is 0 Å². The van der Waals surface area contributed by atoms with Gasteiger partial charge >= 0.3 is 0 Å². The minimum Gasteiger partial charge on any atom is -0.180 e. The average Bonchev–Trinajstić information content (AvgIpc) is 2.21. The van der Waals surface area contributed by atoms with E-state index in [1.807, 2.05) is 12.1 Å². The summed E-state index contributed by atoms with van der Waals surface area (Å²) in [6.07, 6.45) is 8.84. The molecule has 0 saturated heterocycles. The molecular formula is C13H15Pt-. The van der Waals surface area contributed by atoms with Crippen LogP contribution in [0.5, 0.6) is 0 Å². The van der Waals surface area contributed by atoms with Crippen LogP contribution >= 0.6 is 0 Å². The molecule has 0 fully saturated rings. The Kier molecular flexibility index (Phi) is 5.18. The van der Waals surface area contributed by atoms with Gasteiger partial charge in [-0.25, -0.2) is 0 Å². The van der Waals surface area contributed by atoms with Gasteiger partial charge in [0.05, 0.1) is 0 Å². The largest absolute Gasteiger partial charge is 0.180 e. The maximum atomic E-state index is 3.27. The van der Waals surface area contributed by atoms with E-state index in [0.29, 0.717) is 0 Å². The molecule has 0 heterocycles. The third-order valence-electron chi connectivity index (χ3n) is 2.58. The molecule has 1 aromatic carbocycles. The fourth-order valence-corrected chi connectivity index (χ4v) is 1.85. The van der Waals surface area contributed by atoms with Gasteiger partial charge in [0, 0.05) is 21.1 Å². The Morgan fingerprint density at radius 2 is 2.14 bits per heavy atom. The first-order chi connectivity index (χ1) is 6.45. The maximum absolute atomic E-state index is 3.27. The molecule has 0 unspecified atom stereocenters. The summed E-state index contributed by atoms with van der Waals surface area (Å²) in [6, 6.07) is 11.6. The van der Waals surface area contributed by atoms with Crippen molar-refractivity contribution in [3.8, 4) is 0 Å². The zero-order chi connectivity index (χ0) is 8.93. The molecular weight excluding hydrogens is 351 g/mol. The molecule has 1 heteroatoms. The predicted octanol–water partition coefficient (Wildman–Crippen LogP) is 3.53. The second-order valence-electron chi connectivity index (χ2n) is 3.67. The van der Waals surface area contributed by atoms with Gasteiger partial charge in [0.1, 0.15) is 0 Å². The molecule has 0 amide bonds. The van der Waals surface area contributed by atoms with Crippen molar-refractivity contribution < 1.29 is 21.1 Å². The van der Waals surface area contributed by atoms with Crippen molar-refractivity contribution in [3.63, 3.8) is 0 Å². The van der Waals surface area contributed by atoms with Gasteiger partial charge in [-0.05, 0) is 32.1 Å². The molecule has 1 aliphatic carbocycles. The number of benzene rings is 1. The van der Waals surface area contributed by atoms with Crippen molar-refractivity contribution in [2.75, 3.05) is 0 Å². The van der Waals surface area contributed by atoms with Crippen LogP contribution in [0.1, 0.15) is 31.2 Å². The Labute approximate surface area is 101 Å². The Morgan fingerprint density at radius 1 is 1.21 bits per heavy atom. The van der Waals surface area contributed by atoms with Gasteiger partial charge in [0.25, 0.3) is 0 Å². The fourth-order valence-electron chi connectivity index (χ4n) is 1.85. The van der Waals surface area contributed by atoms with Crippen molar-refractivity contribution in [3.05, 3.63) is 47.5 Å². The van der Waals surface area contributed by atoms with Crippen LogP contribution in [0.2, 0.25) is 0 Å². The molecule has 14 heavy (non-hydrogen) atoms. The van der Waals surface area contributed by atoms with Gasteiger partial charge in [0.2, 0.25) is 0 Å². The Bertz CT molecular complexity index is 287. The zero-order valence-corrected chi connectivity index (χ0v) is 10.5. The van der Waals surface area contributed by atoms with E-state index in [9.17, 15) is 0 Å². The minimum absolute atomic E-state index is 0. The van der Waals surface area contributed by atoms with Crippen molar-refractivity contribution in [2.45, 2.75) is 32.1 Å². The summed E-state index contributed by atoms with van der Waals surface area (Å²) in [6.45, 7) is 0. The molecule has 0 radical (unpaired) electrons. The number of hydrogen-bond acceptors (Lipinski definition) is 0. The molecule has 1 aliphatic rings. The SMILES string of the molecule is [Pt].[c-]1ccccc1CC1=CCCCC1. The second-order valence-corrected chi connectivity index (χ2v) is 3.67. The van der Waals surface area contributed by atoms with E-state index in [0.717, 1.165) is 6.42 Å². The van der Waals surface area contributed by atoms with Crippen LogP contribution in [-0.2, 0) is 27.5 Å². The number of rotatable bonds is 2. The summed E-state index contributed by atoms with van der Waals surface area (Å²) in [4.78, 5) is 0. The molecule has 0 atom stereocenters. The molecule has 0 spiro atoms. The molecule has 0 nitrogen and oxygen atoms in total. The monoisotopic (exact) mass is 366 g/mol. The Morgan fingerprint density at radius 3 is 2.79 bits per heavy atom. The van der Waals surface area contributed by atoms with Crippen LogP contribution in [0.3, 0.4) is 0 Å². The molecule has 0 saturated carbocycles. The molecule has 0 bridgehead atoms. The standard InChI is InChI=1S/C13H15.Pt/c1-3-7-12(8-4-1)11-13-9-5-2-6-10-13;/h1,3-4,7,9H,2,5-6,10-11H2;/q-1;. The van der Waals surface area contributed by atoms with Gasteiger partial charge in [-0.3, -0.25) is 0 Å². The van der Waals surface area contributed by atoms with E-state index < -0.39 is 0 Å². The normalized spacial score (nSPS) is 15.6. The number of allylic oxidation sites excluding steroid dienone is 2. The second kappa shape index (κ2) is 6.19. The summed E-state index contributed by atoms with van der Waals surface area (Å²) in [5, 5.41) is 0. The minimum atomic E-state index is 0. The van der Waals surface area contributed by atoms with E-state index >= 15 is 0 Å². The quantitative estimate of drug-likeness (QED) is 0.555. The topological polar surface area (TPSA) is 0 Å². The van der Waals surface area contributed by atoms with Gasteiger partial charge in [-0.1, -0.05) is 11.6 Å². The van der Waals surface area contributed by atoms with Gasteiger partial charge in [-0.2, -0.15) is 35.9 Å². The molecule has 0 aromatic heterocycles. The molecule has 1 aromatic rings. The first-order valence-corrected chi connectivity index (χ1v) is 5.08. The average molecular weight is 366 g/mol. The van der Waals surface area contributed by atoms with Crippen molar-refractivity contribution in [1.29, 1.82) is 0 Å². The maximum Gasteiger partial charge on any atom is 0 e. The first-order valence-electron chi connectivity index (χ1n) is 5.08. The van der Waals surface area contributed by atoms with Crippen LogP contribution < -0.4 is 0 Å². The Balaban J connectivity index is 0.000000980. The van der Waals surface area contributed by atoms with Crippen LogP contribution in [-0.4, -0.2) is 0 Å². The molecule has 2 rings (SSSR count). The molecule has 0 aliphatic heterocycles. The van der Waals surface area contributed by atoms with Crippen molar-refractivity contribution in [1.82, 2.24) is 0 Å². The number of hydrogen-bond donors (Lipinski definition) is 0. The van der Waals surface area contributed by atoms with Crippen molar-refractivity contribution >= 4 is 0 Å². The predicted molar refractivity (Wildman–Crippen MR) is 55.5 cm³/mol. The third kappa shape index (κ3) is 3.42. The van der Waals surface area contributed by atoms with Gasteiger partial charge in [0.15, 0.2) is 0 Å². The summed E-state index contributed by atoms with van der Waals surface area (Å²) in [5.41, 5.74) is 2.93. The van der Waals surface area contributed by atoms with E-state index in [4.69, 9.17) is 0 Å². The summed E-state index contributed by atoms with van der Waals surface area (Å²) in [5.74, 6) is 0. The smallest absolute Gasteiger partial charge is 0 e. The summed E-state index contributed by atoms with van der Waals surface area (Å²) in [7, 11) is 0. The zero-order valence-electron chi connectivity index (χ0n) is 8.24. The summed E-state index contributed by atoms with van der Waals surface area (Å²) < 4.78 is 0. The van der Waals surface area contributed by atoms with Gasteiger partial charge < -0.3 is 0 Å². The van der Waals surface area contributed by atoms with E-state index in [1.54, 1.807) is 5.57 Å².